The molecule has 308 valence electrons. The topological polar surface area (TPSA) is 451 Å². The molecule has 14 atom stereocenters. The van der Waals surface area contributed by atoms with Crippen molar-refractivity contribution in [3.8, 4) is 0 Å². The second-order valence-electron chi connectivity index (χ2n) is 12.8. The molecule has 7 rings (SSSR count). The fourth-order valence-electron chi connectivity index (χ4n) is 6.67. The highest BCUT2D eigenvalue weighted by molar-refractivity contribution is 7.47. The molecule has 0 bridgehead atoms. The van der Waals surface area contributed by atoms with Crippen LogP contribution >= 0.6 is 15.6 Å². The minimum atomic E-state index is -5.77. The highest BCUT2D eigenvalue weighted by atomic mass is 31.2. The van der Waals surface area contributed by atoms with Gasteiger partial charge in [0, 0.05) is 0 Å². The van der Waals surface area contributed by atoms with Gasteiger partial charge in [-0.15, -0.1) is 0 Å². The molecule has 29 nitrogen and oxygen atoms in total. The highest BCUT2D eigenvalue weighted by Gasteiger charge is 2.58. The number of fused-ring (bicyclic) bond motifs is 2. The van der Waals surface area contributed by atoms with Crippen LogP contribution in [0, 0.1) is 0 Å². The van der Waals surface area contributed by atoms with Gasteiger partial charge in [0.25, 0.3) is 11.1 Å². The Hall–Kier alpha value is -3.84. The minimum absolute atomic E-state index is 0.230. The van der Waals surface area contributed by atoms with E-state index in [-0.39, 0.29) is 34.2 Å². The normalized spacial score (nSPS) is 34.1. The van der Waals surface area contributed by atoms with Crippen molar-refractivity contribution >= 4 is 49.9 Å². The summed E-state index contributed by atoms with van der Waals surface area (Å²) in [5.74, 6) is -0.742. The first-order valence-electron chi connectivity index (χ1n) is 16.1. The Morgan fingerprint density at radius 2 is 1.29 bits per heavy atom. The zero-order valence-corrected chi connectivity index (χ0v) is 29.7. The van der Waals surface area contributed by atoms with Crippen LogP contribution in [-0.2, 0) is 36.9 Å². The number of aromatic nitrogens is 8. The van der Waals surface area contributed by atoms with Gasteiger partial charge in [-0.25, -0.2) is 19.1 Å². The maximum Gasteiger partial charge on any atom is 0.473 e. The third-order valence-electron chi connectivity index (χ3n) is 9.18. The van der Waals surface area contributed by atoms with E-state index < -0.39 is 120 Å². The molecule has 0 amide bonds. The number of aliphatic hydroxyl groups is 6. The zero-order chi connectivity index (χ0) is 40.6. The number of anilines is 2. The van der Waals surface area contributed by atoms with E-state index in [1.165, 1.54) is 0 Å². The maximum atomic E-state index is 13.9. The number of imidazole rings is 2. The number of phosphoric acid groups is 2. The molecule has 15 N–H and O–H groups in total. The number of nitrogen functional groups attached to an aromatic ring is 2. The summed E-state index contributed by atoms with van der Waals surface area (Å²) in [5.41, 5.74) is 8.68. The molecule has 3 saturated heterocycles. The molecule has 0 aliphatic carbocycles. The summed E-state index contributed by atoms with van der Waals surface area (Å²) >= 11 is 0. The Kier molecular flexibility index (Phi) is 10.7. The van der Waals surface area contributed by atoms with Crippen LogP contribution < -0.4 is 22.6 Å². The smallest absolute Gasteiger partial charge is 0.394 e. The molecule has 3 aliphatic rings. The van der Waals surface area contributed by atoms with Gasteiger partial charge in [-0.3, -0.25) is 42.3 Å². The van der Waals surface area contributed by atoms with Gasteiger partial charge in [-0.1, -0.05) is 0 Å². The molecule has 0 spiro atoms. The van der Waals surface area contributed by atoms with E-state index >= 15 is 0 Å². The lowest BCUT2D eigenvalue weighted by Crippen LogP contribution is -2.50. The van der Waals surface area contributed by atoms with Crippen LogP contribution in [0.5, 0.6) is 0 Å². The van der Waals surface area contributed by atoms with Gasteiger partial charge in [0.2, 0.25) is 11.9 Å². The van der Waals surface area contributed by atoms with Gasteiger partial charge in [0.15, 0.2) is 34.8 Å². The SMILES string of the molecule is Nc1nc2c(ncn2[C@@H]2O[C@H](C(OP(=O)(O)O[C@H]3[C@@H](O)[C@H](n4cnc5c(=O)[nH]c(N)nc54)O[C@@H]3COP(=O)(O)O)[C@@H]3O[C@H](CO)[C@@H](O)[C@@H]3O)[C@@H](O)[C@H]2O)c(=O)[nH]1. The van der Waals surface area contributed by atoms with Crippen molar-refractivity contribution in [2.45, 2.75) is 79.6 Å². The van der Waals surface area contributed by atoms with Gasteiger partial charge >= 0.3 is 15.6 Å². The third kappa shape index (κ3) is 7.38. The van der Waals surface area contributed by atoms with Crippen molar-refractivity contribution in [1.29, 1.82) is 0 Å². The number of H-pyrrole nitrogens is 2. The minimum Gasteiger partial charge on any atom is -0.394 e. The lowest BCUT2D eigenvalue weighted by atomic mass is 9.97. The fraction of sp³-hybridized carbons (Fsp3) is 0.600. The molecule has 3 fully saturated rings. The lowest BCUT2D eigenvalue weighted by Gasteiger charge is -2.33. The summed E-state index contributed by atoms with van der Waals surface area (Å²) in [5, 5.41) is 64.9. The Labute approximate surface area is 308 Å². The Morgan fingerprint density at radius 1 is 0.768 bits per heavy atom. The van der Waals surface area contributed by atoms with Crippen LogP contribution in [0.1, 0.15) is 12.5 Å². The Balaban J connectivity index is 1.21. The average molecular weight is 841 g/mol. The number of phosphoric ester groups is 2. The average Bonchev–Trinajstić information content (AvgIpc) is 3.91. The summed E-state index contributed by atoms with van der Waals surface area (Å²) in [7, 11) is -11.0. The summed E-state index contributed by atoms with van der Waals surface area (Å²) < 4.78 is 59.7. The largest absolute Gasteiger partial charge is 0.473 e. The number of nitrogens with two attached hydrogens (primary N) is 2. The molecule has 0 radical (unpaired) electrons. The van der Waals surface area contributed by atoms with Gasteiger partial charge in [-0.2, -0.15) is 9.97 Å². The maximum absolute atomic E-state index is 13.9. The first-order chi connectivity index (χ1) is 26.3. The second-order valence-corrected chi connectivity index (χ2v) is 15.4. The lowest BCUT2D eigenvalue weighted by molar-refractivity contribution is -0.147. The first kappa shape index (κ1) is 40.4. The first-order valence-corrected chi connectivity index (χ1v) is 19.1. The number of ether oxygens (including phenoxy) is 3. The zero-order valence-electron chi connectivity index (χ0n) is 27.9. The van der Waals surface area contributed by atoms with Gasteiger partial charge < -0.3 is 71.0 Å². The van der Waals surface area contributed by atoms with E-state index in [9.17, 15) is 64.0 Å². The summed E-state index contributed by atoms with van der Waals surface area (Å²) in [6.45, 7) is -1.98. The van der Waals surface area contributed by atoms with Crippen molar-refractivity contribution in [2.75, 3.05) is 24.7 Å². The van der Waals surface area contributed by atoms with E-state index in [1.807, 2.05) is 0 Å². The second kappa shape index (κ2) is 14.8. The molecule has 0 saturated carbocycles. The van der Waals surface area contributed by atoms with E-state index in [2.05, 4.69) is 34.4 Å². The molecule has 3 aliphatic heterocycles. The fourth-order valence-corrected chi connectivity index (χ4v) is 8.18. The van der Waals surface area contributed by atoms with Crippen LogP contribution in [0.25, 0.3) is 22.3 Å². The Bertz CT molecular complexity index is 2320. The van der Waals surface area contributed by atoms with E-state index in [1.54, 1.807) is 0 Å². The summed E-state index contributed by atoms with van der Waals surface area (Å²) in [4.78, 5) is 74.7. The number of hydrogen-bond donors (Lipinski definition) is 13. The Morgan fingerprint density at radius 3 is 1.80 bits per heavy atom. The van der Waals surface area contributed by atoms with Crippen molar-refractivity contribution in [3.63, 3.8) is 0 Å². The predicted octanol–water partition coefficient (Wildman–Crippen LogP) is -6.24. The summed E-state index contributed by atoms with van der Waals surface area (Å²) in [6.07, 6.45) is -23.0. The summed E-state index contributed by atoms with van der Waals surface area (Å²) in [6, 6.07) is 0. The standard InChI is InChI=1S/C25H34N10O19P2/c26-24-30-18-7(20(42)32-24)28-3-34(18)22-12(40)11(39)16(52-22)17(15-10(38)9(37)5(1-36)50-15)54-56(47,48)53-14-6(2-49-55(44,45)46)51-23(13(14)41)35-4-29-8-19(35)31-25(27)33-21(8)43/h3-6,9-17,22-23,36-41H,1-2H2,(H,47,48)(H2,44,45,46)(H3,26,30,32,42)(H3,27,31,33,43)/t5-,6-,9-,10+,11+,12-,13-,14-,15-,16+,17?,22-,23-/m1/s1. The highest BCUT2D eigenvalue weighted by Crippen LogP contribution is 2.53. The van der Waals surface area contributed by atoms with Crippen molar-refractivity contribution in [2.24, 2.45) is 0 Å². The number of hydrogen-bond acceptors (Lipinski definition) is 22. The van der Waals surface area contributed by atoms with E-state index in [4.69, 9.17) is 34.7 Å². The van der Waals surface area contributed by atoms with E-state index in [0.29, 0.717) is 0 Å². The molecule has 7 heterocycles. The molecule has 31 heteroatoms. The predicted molar refractivity (Wildman–Crippen MR) is 176 cm³/mol. The number of aliphatic hydroxyl groups excluding tert-OH is 6. The molecule has 56 heavy (non-hydrogen) atoms. The van der Waals surface area contributed by atoms with Crippen LogP contribution in [0.2, 0.25) is 0 Å². The molecular weight excluding hydrogens is 806 g/mol. The van der Waals surface area contributed by atoms with Crippen LogP contribution in [0.3, 0.4) is 0 Å². The van der Waals surface area contributed by atoms with Crippen LogP contribution in [0.15, 0.2) is 22.2 Å². The quantitative estimate of drug-likeness (QED) is 0.0590. The number of aromatic amines is 2. The molecule has 2 unspecified atom stereocenters. The van der Waals surface area contributed by atoms with Crippen LogP contribution in [-0.4, -0.2) is 165 Å². The van der Waals surface area contributed by atoms with Gasteiger partial charge in [0.1, 0.15) is 67.1 Å². The molecule has 0 aromatic carbocycles. The van der Waals surface area contributed by atoms with Crippen LogP contribution in [0.4, 0.5) is 11.9 Å². The molecule has 4 aromatic heterocycles. The van der Waals surface area contributed by atoms with E-state index in [0.717, 1.165) is 21.8 Å². The monoisotopic (exact) mass is 840 g/mol. The number of nitrogens with one attached hydrogen (secondary N) is 2. The molecule has 4 aromatic rings. The third-order valence-corrected chi connectivity index (χ3v) is 10.7. The van der Waals surface area contributed by atoms with Crippen molar-refractivity contribution < 1.29 is 82.2 Å². The van der Waals surface area contributed by atoms with Crippen molar-refractivity contribution in [1.82, 2.24) is 39.0 Å². The number of nitrogens with zero attached hydrogens (tertiary/aromatic N) is 6. The van der Waals surface area contributed by atoms with Crippen molar-refractivity contribution in [3.05, 3.63) is 33.4 Å². The van der Waals surface area contributed by atoms with Gasteiger partial charge in [0.05, 0.1) is 25.9 Å². The molecular formula is C25H34N10O19P2. The number of rotatable bonds is 12. The van der Waals surface area contributed by atoms with Gasteiger partial charge in [-0.05, 0) is 0 Å².